The molecular weight excluding hydrogens is 396 g/mol. The summed E-state index contributed by atoms with van der Waals surface area (Å²) >= 11 is 0. The van der Waals surface area contributed by atoms with Crippen molar-refractivity contribution in [1.29, 1.82) is 0 Å². The van der Waals surface area contributed by atoms with E-state index >= 15 is 0 Å². The first-order valence-electron chi connectivity index (χ1n) is 12.5. The maximum absolute atomic E-state index is 13.4. The number of aryl methyl sites for hydroxylation is 1. The van der Waals surface area contributed by atoms with Gasteiger partial charge >= 0.3 is 0 Å². The van der Waals surface area contributed by atoms with E-state index in [4.69, 9.17) is 0 Å². The maximum Gasteiger partial charge on any atom is 0.223 e. The fraction of sp³-hybridized carbons (Fsp3) is 0.536. The van der Waals surface area contributed by atoms with Crippen LogP contribution in [0.1, 0.15) is 69.5 Å². The minimum Gasteiger partial charge on any atom is -0.389 e. The van der Waals surface area contributed by atoms with Gasteiger partial charge in [-0.2, -0.15) is 0 Å². The number of rotatable bonds is 7. The summed E-state index contributed by atoms with van der Waals surface area (Å²) in [5, 5.41) is 11.5. The van der Waals surface area contributed by atoms with Crippen LogP contribution in [-0.4, -0.2) is 41.1 Å². The quantitative estimate of drug-likeness (QED) is 0.638. The van der Waals surface area contributed by atoms with E-state index in [1.807, 2.05) is 18.2 Å². The molecule has 1 heterocycles. The Labute approximate surface area is 193 Å². The fourth-order valence-electron chi connectivity index (χ4n) is 5.88. The van der Waals surface area contributed by atoms with E-state index in [-0.39, 0.29) is 17.9 Å². The van der Waals surface area contributed by atoms with Crippen molar-refractivity contribution in [2.75, 3.05) is 24.5 Å². The van der Waals surface area contributed by atoms with Crippen molar-refractivity contribution in [3.05, 3.63) is 65.7 Å². The van der Waals surface area contributed by atoms with Gasteiger partial charge in [0, 0.05) is 37.7 Å². The van der Waals surface area contributed by atoms with E-state index in [0.29, 0.717) is 19.4 Å². The zero-order valence-corrected chi connectivity index (χ0v) is 19.7. The third-order valence-electron chi connectivity index (χ3n) is 7.72. The molecule has 1 amide bonds. The van der Waals surface area contributed by atoms with Crippen LogP contribution < -0.4 is 4.90 Å². The molecule has 0 bridgehead atoms. The van der Waals surface area contributed by atoms with Crippen LogP contribution in [-0.2, 0) is 11.2 Å². The Morgan fingerprint density at radius 3 is 2.44 bits per heavy atom. The number of carbonyl (C=O) groups excluding carboxylic acids is 1. The van der Waals surface area contributed by atoms with Gasteiger partial charge in [-0.1, -0.05) is 55.3 Å². The second kappa shape index (κ2) is 10.1. The predicted octanol–water partition coefficient (Wildman–Crippen LogP) is 5.36. The standard InChI is InChI=1S/C28H38N2O2/c1-3-29(4-2)24-16-14-23(15-17-24)27-25-12-8-9-19-28(25,32)20-21-30(27)26(31)18-13-22-10-6-5-7-11-22/h5-7,10-11,14-17,25,27,32H,3-4,8-9,12-13,18-21H2,1-2H3/t25-,27-,28-/m0/s1. The average molecular weight is 435 g/mol. The normalized spacial score (nSPS) is 25.3. The molecule has 2 aromatic carbocycles. The van der Waals surface area contributed by atoms with E-state index in [0.717, 1.165) is 45.2 Å². The van der Waals surface area contributed by atoms with Crippen molar-refractivity contribution in [1.82, 2.24) is 4.90 Å². The predicted molar refractivity (Wildman–Crippen MR) is 131 cm³/mol. The van der Waals surface area contributed by atoms with Gasteiger partial charge in [-0.3, -0.25) is 4.79 Å². The van der Waals surface area contributed by atoms with Crippen LogP contribution in [0, 0.1) is 5.92 Å². The molecule has 3 atom stereocenters. The van der Waals surface area contributed by atoms with E-state index in [9.17, 15) is 9.90 Å². The first-order chi connectivity index (χ1) is 15.6. The molecular formula is C28H38N2O2. The highest BCUT2D eigenvalue weighted by molar-refractivity contribution is 5.77. The molecule has 32 heavy (non-hydrogen) atoms. The van der Waals surface area contributed by atoms with Gasteiger partial charge in [-0.05, 0) is 62.8 Å². The summed E-state index contributed by atoms with van der Waals surface area (Å²) in [6, 6.07) is 19.0. The summed E-state index contributed by atoms with van der Waals surface area (Å²) in [5.41, 5.74) is 2.94. The molecule has 1 N–H and O–H groups in total. The molecule has 1 aliphatic heterocycles. The molecule has 0 spiro atoms. The number of fused-ring (bicyclic) bond motifs is 1. The summed E-state index contributed by atoms with van der Waals surface area (Å²) in [4.78, 5) is 17.9. The van der Waals surface area contributed by atoms with Gasteiger partial charge in [-0.15, -0.1) is 0 Å². The van der Waals surface area contributed by atoms with Gasteiger partial charge in [0.1, 0.15) is 0 Å². The van der Waals surface area contributed by atoms with Crippen LogP contribution in [0.3, 0.4) is 0 Å². The number of carbonyl (C=O) groups is 1. The number of amides is 1. The Bertz CT molecular complexity index is 878. The van der Waals surface area contributed by atoms with Gasteiger partial charge in [0.25, 0.3) is 0 Å². The van der Waals surface area contributed by atoms with Crippen molar-refractivity contribution in [2.45, 2.75) is 70.4 Å². The minimum absolute atomic E-state index is 0.0388. The number of aliphatic hydroxyl groups is 1. The molecule has 4 heteroatoms. The molecule has 2 aromatic rings. The van der Waals surface area contributed by atoms with Crippen molar-refractivity contribution >= 4 is 11.6 Å². The van der Waals surface area contributed by atoms with Crippen molar-refractivity contribution < 1.29 is 9.90 Å². The highest BCUT2D eigenvalue weighted by atomic mass is 16.3. The van der Waals surface area contributed by atoms with Gasteiger partial charge in [0.05, 0.1) is 11.6 Å². The smallest absolute Gasteiger partial charge is 0.223 e. The monoisotopic (exact) mass is 434 g/mol. The Hall–Kier alpha value is -2.33. The molecule has 1 saturated carbocycles. The first-order valence-corrected chi connectivity index (χ1v) is 12.5. The van der Waals surface area contributed by atoms with Crippen LogP contribution in [0.15, 0.2) is 54.6 Å². The molecule has 2 fully saturated rings. The lowest BCUT2D eigenvalue weighted by Crippen LogP contribution is -2.56. The molecule has 0 aromatic heterocycles. The first kappa shape index (κ1) is 22.8. The van der Waals surface area contributed by atoms with E-state index in [1.165, 1.54) is 16.8 Å². The molecule has 4 rings (SSSR count). The van der Waals surface area contributed by atoms with Gasteiger partial charge < -0.3 is 14.9 Å². The summed E-state index contributed by atoms with van der Waals surface area (Å²) in [6.45, 7) is 6.95. The number of benzene rings is 2. The Balaban J connectivity index is 1.59. The number of nitrogens with zero attached hydrogens (tertiary/aromatic N) is 2. The second-order valence-electron chi connectivity index (χ2n) is 9.49. The lowest BCUT2D eigenvalue weighted by molar-refractivity contribution is -0.155. The van der Waals surface area contributed by atoms with Crippen LogP contribution in [0.25, 0.3) is 0 Å². The molecule has 0 unspecified atom stereocenters. The summed E-state index contributed by atoms with van der Waals surface area (Å²) in [5.74, 6) is 0.323. The lowest BCUT2D eigenvalue weighted by Gasteiger charge is -2.52. The number of hydrogen-bond donors (Lipinski definition) is 1. The molecule has 172 valence electrons. The summed E-state index contributed by atoms with van der Waals surface area (Å²) in [6.07, 6.45) is 6.04. The van der Waals surface area contributed by atoms with Gasteiger partial charge in [-0.25, -0.2) is 0 Å². The Kier molecular flexibility index (Phi) is 7.20. The highest BCUT2D eigenvalue weighted by Crippen LogP contribution is 2.49. The number of likely N-dealkylation sites (tertiary alicyclic amines) is 1. The molecule has 2 aliphatic rings. The fourth-order valence-corrected chi connectivity index (χ4v) is 5.88. The van der Waals surface area contributed by atoms with Gasteiger partial charge in [0.2, 0.25) is 5.91 Å². The molecule has 1 saturated heterocycles. The highest BCUT2D eigenvalue weighted by Gasteiger charge is 2.49. The van der Waals surface area contributed by atoms with Crippen LogP contribution in [0.5, 0.6) is 0 Å². The van der Waals surface area contributed by atoms with Crippen molar-refractivity contribution in [2.24, 2.45) is 5.92 Å². The Morgan fingerprint density at radius 1 is 1.03 bits per heavy atom. The second-order valence-corrected chi connectivity index (χ2v) is 9.49. The topological polar surface area (TPSA) is 43.8 Å². The molecule has 4 nitrogen and oxygen atoms in total. The zero-order valence-electron chi connectivity index (χ0n) is 19.7. The Morgan fingerprint density at radius 2 is 1.75 bits per heavy atom. The maximum atomic E-state index is 13.4. The van der Waals surface area contributed by atoms with E-state index < -0.39 is 5.60 Å². The minimum atomic E-state index is -0.642. The summed E-state index contributed by atoms with van der Waals surface area (Å²) < 4.78 is 0. The third kappa shape index (κ3) is 4.71. The van der Waals surface area contributed by atoms with Crippen molar-refractivity contribution in [3.8, 4) is 0 Å². The number of anilines is 1. The van der Waals surface area contributed by atoms with Crippen LogP contribution >= 0.6 is 0 Å². The van der Waals surface area contributed by atoms with E-state index in [1.54, 1.807) is 0 Å². The van der Waals surface area contributed by atoms with Gasteiger partial charge in [0.15, 0.2) is 0 Å². The average Bonchev–Trinajstić information content (AvgIpc) is 2.83. The van der Waals surface area contributed by atoms with Crippen LogP contribution in [0.4, 0.5) is 5.69 Å². The number of piperidine rings is 1. The zero-order chi connectivity index (χ0) is 22.6. The van der Waals surface area contributed by atoms with Crippen LogP contribution in [0.2, 0.25) is 0 Å². The lowest BCUT2D eigenvalue weighted by atomic mass is 9.66. The SMILES string of the molecule is CCN(CC)c1ccc([C@H]2[C@@H]3CCCC[C@]3(O)CCN2C(=O)CCc2ccccc2)cc1. The summed E-state index contributed by atoms with van der Waals surface area (Å²) in [7, 11) is 0. The molecule has 1 aliphatic carbocycles. The molecule has 0 radical (unpaired) electrons. The van der Waals surface area contributed by atoms with Crippen molar-refractivity contribution in [3.63, 3.8) is 0 Å². The third-order valence-corrected chi connectivity index (χ3v) is 7.72. The number of hydrogen-bond acceptors (Lipinski definition) is 3. The largest absolute Gasteiger partial charge is 0.389 e. The van der Waals surface area contributed by atoms with E-state index in [2.05, 4.69) is 60.0 Å².